The molecule has 0 amide bonds. The molecule has 0 bridgehead atoms. The van der Waals surface area contributed by atoms with Crippen molar-refractivity contribution in [3.8, 4) is 0 Å². The molecule has 1 aliphatic rings. The summed E-state index contributed by atoms with van der Waals surface area (Å²) in [4.78, 5) is 0.0534. The van der Waals surface area contributed by atoms with Gasteiger partial charge in [0.25, 0.3) is 0 Å². The standard InChI is InChI=1S/C25H22F3NO3S/c1-3-24(20-7-5-4-6-8-20)17-32-23(19-11-13-21(14-12-19)25(26,27)28)29(24)33(30,31)22-15-9-18(2)10-16-22/h3-16,23H,1,17H2,2H3/t23-,24+/m1/s1. The number of ether oxygens (including phenoxy) is 1. The third-order valence-electron chi connectivity index (χ3n) is 5.78. The van der Waals surface area contributed by atoms with Crippen LogP contribution in [0.1, 0.15) is 28.5 Å². The number of aryl methyl sites for hydroxylation is 1. The fraction of sp³-hybridized carbons (Fsp3) is 0.200. The molecule has 0 unspecified atom stereocenters. The molecule has 0 saturated carbocycles. The van der Waals surface area contributed by atoms with Gasteiger partial charge >= 0.3 is 6.18 Å². The minimum Gasteiger partial charge on any atom is -0.355 e. The molecule has 33 heavy (non-hydrogen) atoms. The van der Waals surface area contributed by atoms with E-state index in [0.717, 1.165) is 17.7 Å². The lowest BCUT2D eigenvalue weighted by Gasteiger charge is -2.36. The fourth-order valence-corrected chi connectivity index (χ4v) is 5.79. The van der Waals surface area contributed by atoms with E-state index in [1.54, 1.807) is 36.4 Å². The first-order valence-corrected chi connectivity index (χ1v) is 11.6. The molecule has 8 heteroatoms. The lowest BCUT2D eigenvalue weighted by molar-refractivity contribution is -0.137. The second-order valence-corrected chi connectivity index (χ2v) is 9.71. The Morgan fingerprint density at radius 2 is 1.61 bits per heavy atom. The summed E-state index contributed by atoms with van der Waals surface area (Å²) in [6.07, 6.45) is -4.13. The van der Waals surface area contributed by atoms with Crippen LogP contribution >= 0.6 is 0 Å². The SMILES string of the molecule is C=C[C@@]1(c2ccccc2)CO[C@H](c2ccc(C(F)(F)F)cc2)N1S(=O)(=O)c1ccc(C)cc1. The van der Waals surface area contributed by atoms with E-state index in [9.17, 15) is 21.6 Å². The largest absolute Gasteiger partial charge is 0.416 e. The average molecular weight is 474 g/mol. The number of alkyl halides is 3. The second kappa shape index (κ2) is 8.44. The molecule has 4 rings (SSSR count). The zero-order valence-electron chi connectivity index (χ0n) is 17.8. The number of sulfonamides is 1. The molecule has 4 nitrogen and oxygen atoms in total. The summed E-state index contributed by atoms with van der Waals surface area (Å²) in [6.45, 7) is 5.70. The molecule has 1 saturated heterocycles. The number of halogens is 3. The molecule has 0 N–H and O–H groups in total. The van der Waals surface area contributed by atoms with Crippen molar-refractivity contribution in [1.82, 2.24) is 4.31 Å². The molecule has 0 radical (unpaired) electrons. The zero-order valence-corrected chi connectivity index (χ0v) is 18.6. The van der Waals surface area contributed by atoms with E-state index >= 15 is 0 Å². The summed E-state index contributed by atoms with van der Waals surface area (Å²) in [5.41, 5.74) is -0.249. The minimum absolute atomic E-state index is 0.0444. The Morgan fingerprint density at radius 3 is 2.15 bits per heavy atom. The third kappa shape index (κ3) is 4.10. The van der Waals surface area contributed by atoms with Gasteiger partial charge in [0.05, 0.1) is 17.1 Å². The van der Waals surface area contributed by atoms with Crippen molar-refractivity contribution in [3.63, 3.8) is 0 Å². The maximum Gasteiger partial charge on any atom is 0.416 e. The van der Waals surface area contributed by atoms with Crippen LogP contribution in [-0.2, 0) is 26.5 Å². The predicted octanol–water partition coefficient (Wildman–Crippen LogP) is 5.82. The summed E-state index contributed by atoms with van der Waals surface area (Å²) in [5.74, 6) is 0. The van der Waals surface area contributed by atoms with E-state index in [2.05, 4.69) is 6.58 Å². The molecule has 0 spiro atoms. The van der Waals surface area contributed by atoms with Crippen molar-refractivity contribution in [2.24, 2.45) is 0 Å². The first kappa shape index (κ1) is 23.2. The monoisotopic (exact) mass is 473 g/mol. The summed E-state index contributed by atoms with van der Waals surface area (Å²) < 4.78 is 74.2. The van der Waals surface area contributed by atoms with E-state index < -0.39 is 33.5 Å². The van der Waals surface area contributed by atoms with Crippen molar-refractivity contribution in [3.05, 3.63) is 114 Å². The summed E-state index contributed by atoms with van der Waals surface area (Å²) in [5, 5.41) is 0. The van der Waals surface area contributed by atoms with Gasteiger partial charge in [-0.3, -0.25) is 0 Å². The van der Waals surface area contributed by atoms with Crippen molar-refractivity contribution >= 4 is 10.0 Å². The van der Waals surface area contributed by atoms with Crippen molar-refractivity contribution in [2.45, 2.75) is 29.8 Å². The summed E-state index contributed by atoms with van der Waals surface area (Å²) in [7, 11) is -4.14. The Balaban J connectivity index is 1.88. The molecule has 2 atom stereocenters. The van der Waals surface area contributed by atoms with Crippen LogP contribution in [0.15, 0.2) is 96.4 Å². The van der Waals surface area contributed by atoms with E-state index in [1.165, 1.54) is 34.6 Å². The van der Waals surface area contributed by atoms with Crippen molar-refractivity contribution in [2.75, 3.05) is 6.61 Å². The first-order valence-electron chi connectivity index (χ1n) is 10.2. The van der Waals surface area contributed by atoms with Crippen LogP contribution < -0.4 is 0 Å². The van der Waals surface area contributed by atoms with Gasteiger partial charge in [0.2, 0.25) is 10.0 Å². The number of rotatable bonds is 5. The Kier molecular flexibility index (Phi) is 5.94. The van der Waals surface area contributed by atoms with Gasteiger partial charge < -0.3 is 4.74 Å². The van der Waals surface area contributed by atoms with Gasteiger partial charge in [0, 0.05) is 0 Å². The van der Waals surface area contributed by atoms with E-state index in [4.69, 9.17) is 4.74 Å². The van der Waals surface area contributed by atoms with Gasteiger partial charge in [0.1, 0.15) is 5.54 Å². The molecule has 1 heterocycles. The lowest BCUT2D eigenvalue weighted by Crippen LogP contribution is -2.46. The highest BCUT2D eigenvalue weighted by Gasteiger charge is 2.54. The van der Waals surface area contributed by atoms with Crippen LogP contribution in [0.25, 0.3) is 0 Å². The first-order chi connectivity index (χ1) is 15.6. The molecular formula is C25H22F3NO3S. The highest BCUT2D eigenvalue weighted by atomic mass is 32.2. The van der Waals surface area contributed by atoms with Crippen LogP contribution in [-0.4, -0.2) is 19.3 Å². The maximum absolute atomic E-state index is 13.9. The van der Waals surface area contributed by atoms with Crippen LogP contribution in [0.3, 0.4) is 0 Å². The molecule has 3 aromatic rings. The topological polar surface area (TPSA) is 46.6 Å². The Hall–Kier alpha value is -2.94. The molecule has 0 aromatic heterocycles. The quantitative estimate of drug-likeness (QED) is 0.439. The minimum atomic E-state index is -4.50. The molecule has 172 valence electrons. The van der Waals surface area contributed by atoms with Gasteiger partial charge in [-0.05, 0) is 42.3 Å². The van der Waals surface area contributed by atoms with Gasteiger partial charge in [-0.25, -0.2) is 8.42 Å². The van der Waals surface area contributed by atoms with Crippen LogP contribution in [0, 0.1) is 6.92 Å². The normalized spacial score (nSPS) is 21.8. The maximum atomic E-state index is 13.9. The summed E-state index contributed by atoms with van der Waals surface area (Å²) >= 11 is 0. The molecule has 1 fully saturated rings. The fourth-order valence-electron chi connectivity index (χ4n) is 3.98. The number of hydrogen-bond donors (Lipinski definition) is 0. The van der Waals surface area contributed by atoms with Crippen molar-refractivity contribution in [1.29, 1.82) is 0 Å². The van der Waals surface area contributed by atoms with E-state index in [0.29, 0.717) is 11.1 Å². The van der Waals surface area contributed by atoms with Gasteiger partial charge in [-0.15, -0.1) is 10.9 Å². The lowest BCUT2D eigenvalue weighted by atomic mass is 9.91. The van der Waals surface area contributed by atoms with Crippen LogP contribution in [0.5, 0.6) is 0 Å². The molecule has 1 aliphatic heterocycles. The van der Waals surface area contributed by atoms with E-state index in [-0.39, 0.29) is 11.5 Å². The van der Waals surface area contributed by atoms with Crippen LogP contribution in [0.2, 0.25) is 0 Å². The van der Waals surface area contributed by atoms with Gasteiger partial charge in [-0.2, -0.15) is 13.2 Å². The van der Waals surface area contributed by atoms with E-state index in [1.807, 2.05) is 13.0 Å². The predicted molar refractivity (Wildman–Crippen MR) is 119 cm³/mol. The zero-order chi connectivity index (χ0) is 23.9. The Bertz CT molecular complexity index is 1240. The highest BCUT2D eigenvalue weighted by Crippen LogP contribution is 2.48. The molecule has 3 aromatic carbocycles. The Morgan fingerprint density at radius 1 is 1.00 bits per heavy atom. The van der Waals surface area contributed by atoms with Gasteiger partial charge in [-0.1, -0.05) is 66.2 Å². The third-order valence-corrected chi connectivity index (χ3v) is 7.68. The highest BCUT2D eigenvalue weighted by molar-refractivity contribution is 7.89. The number of nitrogens with zero attached hydrogens (tertiary/aromatic N) is 1. The number of benzene rings is 3. The van der Waals surface area contributed by atoms with Gasteiger partial charge in [0.15, 0.2) is 6.23 Å². The molecular weight excluding hydrogens is 451 g/mol. The average Bonchev–Trinajstić information content (AvgIpc) is 3.21. The van der Waals surface area contributed by atoms with Crippen molar-refractivity contribution < 1.29 is 26.3 Å². The second-order valence-electron chi connectivity index (χ2n) is 7.89. The smallest absolute Gasteiger partial charge is 0.355 e. The molecule has 0 aliphatic carbocycles. The Labute approximate surface area is 191 Å². The van der Waals surface area contributed by atoms with Crippen LogP contribution in [0.4, 0.5) is 13.2 Å². The summed E-state index contributed by atoms with van der Waals surface area (Å²) in [6, 6.07) is 19.6. The number of hydrogen-bond acceptors (Lipinski definition) is 3.